The van der Waals surface area contributed by atoms with Crippen molar-refractivity contribution >= 4 is 23.2 Å². The first-order chi connectivity index (χ1) is 13.9. The molecule has 2 heterocycles. The molecule has 0 radical (unpaired) electrons. The van der Waals surface area contributed by atoms with E-state index in [0.29, 0.717) is 36.0 Å². The summed E-state index contributed by atoms with van der Waals surface area (Å²) in [5.74, 6) is -0.237. The minimum absolute atomic E-state index is 0.0471. The van der Waals surface area contributed by atoms with Crippen molar-refractivity contribution in [2.75, 3.05) is 18.5 Å². The van der Waals surface area contributed by atoms with Crippen LogP contribution < -0.4 is 20.3 Å². The predicted octanol–water partition coefficient (Wildman–Crippen LogP) is 4.05. The maximum atomic E-state index is 13.9. The maximum absolute atomic E-state index is 13.9. The second-order valence-electron chi connectivity index (χ2n) is 6.53. The highest BCUT2D eigenvalue weighted by atomic mass is 35.5. The molecular formula is C20H16ClF2N3O3. The second kappa shape index (κ2) is 7.71. The lowest BCUT2D eigenvalue weighted by Crippen LogP contribution is -2.20. The van der Waals surface area contributed by atoms with Crippen molar-refractivity contribution in [3.63, 3.8) is 0 Å². The largest absolute Gasteiger partial charge is 0.486 e. The molecule has 4 rings (SSSR count). The molecule has 2 aromatic carbocycles. The Labute approximate surface area is 169 Å². The molecule has 0 fully saturated rings. The van der Waals surface area contributed by atoms with Crippen LogP contribution in [0.15, 0.2) is 41.3 Å². The highest BCUT2D eigenvalue weighted by molar-refractivity contribution is 6.30. The van der Waals surface area contributed by atoms with E-state index in [1.807, 2.05) is 13.0 Å². The van der Waals surface area contributed by atoms with Gasteiger partial charge in [0.2, 0.25) is 11.8 Å². The molecule has 6 nitrogen and oxygen atoms in total. The van der Waals surface area contributed by atoms with Crippen molar-refractivity contribution in [2.24, 2.45) is 0 Å². The Morgan fingerprint density at radius 1 is 1.14 bits per heavy atom. The Bertz CT molecular complexity index is 1150. The number of halogens is 3. The van der Waals surface area contributed by atoms with Crippen molar-refractivity contribution in [1.82, 2.24) is 9.55 Å². The topological polar surface area (TPSA) is 65.4 Å². The molecule has 0 saturated heterocycles. The number of fused-ring (bicyclic) bond motifs is 1. The van der Waals surface area contributed by atoms with Gasteiger partial charge in [-0.2, -0.15) is 9.37 Å². The average molecular weight is 420 g/mol. The minimum atomic E-state index is -0.998. The highest BCUT2D eigenvalue weighted by Crippen LogP contribution is 2.36. The van der Waals surface area contributed by atoms with Gasteiger partial charge >= 0.3 is 5.56 Å². The summed E-state index contributed by atoms with van der Waals surface area (Å²) in [5, 5.41) is 3.00. The molecule has 3 aromatic rings. The van der Waals surface area contributed by atoms with Gasteiger partial charge in [0, 0.05) is 18.0 Å². The lowest BCUT2D eigenvalue weighted by molar-refractivity contribution is 0.171. The van der Waals surface area contributed by atoms with E-state index in [-0.39, 0.29) is 17.5 Å². The van der Waals surface area contributed by atoms with E-state index in [0.717, 1.165) is 11.8 Å². The number of nitrogens with one attached hydrogen (secondary N) is 1. The molecule has 0 spiro atoms. The van der Waals surface area contributed by atoms with Crippen LogP contribution in [-0.4, -0.2) is 22.8 Å². The number of hydrogen-bond acceptors (Lipinski definition) is 5. The molecule has 0 aliphatic carbocycles. The molecule has 1 aliphatic heterocycles. The van der Waals surface area contributed by atoms with Crippen LogP contribution in [0.3, 0.4) is 0 Å². The van der Waals surface area contributed by atoms with Crippen molar-refractivity contribution in [3.05, 3.63) is 74.7 Å². The molecule has 0 atom stereocenters. The monoisotopic (exact) mass is 419 g/mol. The zero-order valence-electron chi connectivity index (χ0n) is 15.3. The number of benzene rings is 2. The molecule has 1 aromatic heterocycles. The quantitative estimate of drug-likeness (QED) is 0.691. The summed E-state index contributed by atoms with van der Waals surface area (Å²) in [7, 11) is 0. The summed E-state index contributed by atoms with van der Waals surface area (Å²) < 4.78 is 39.9. The summed E-state index contributed by atoms with van der Waals surface area (Å²) in [5.41, 5.74) is 1.07. The molecule has 0 unspecified atom stereocenters. The molecule has 1 aliphatic rings. The Hall–Kier alpha value is -3.13. The van der Waals surface area contributed by atoms with Crippen LogP contribution in [-0.2, 0) is 6.54 Å². The fourth-order valence-corrected chi connectivity index (χ4v) is 3.17. The summed E-state index contributed by atoms with van der Waals surface area (Å²) in [6.45, 7) is 2.88. The average Bonchev–Trinajstić information content (AvgIpc) is 2.69. The van der Waals surface area contributed by atoms with E-state index in [2.05, 4.69) is 10.3 Å². The first kappa shape index (κ1) is 19.2. The second-order valence-corrected chi connectivity index (χ2v) is 6.94. The third kappa shape index (κ3) is 4.02. The van der Waals surface area contributed by atoms with E-state index in [4.69, 9.17) is 21.1 Å². The van der Waals surface area contributed by atoms with Crippen molar-refractivity contribution < 1.29 is 18.3 Å². The lowest BCUT2D eigenvalue weighted by Gasteiger charge is -2.21. The Balaban J connectivity index is 1.71. The third-order valence-electron chi connectivity index (χ3n) is 4.43. The zero-order valence-corrected chi connectivity index (χ0v) is 16.1. The van der Waals surface area contributed by atoms with Crippen molar-refractivity contribution in [2.45, 2.75) is 13.5 Å². The van der Waals surface area contributed by atoms with Crippen LogP contribution in [0.2, 0.25) is 5.02 Å². The molecule has 150 valence electrons. The molecule has 0 bridgehead atoms. The molecule has 29 heavy (non-hydrogen) atoms. The van der Waals surface area contributed by atoms with Gasteiger partial charge in [-0.15, -0.1) is 0 Å². The molecule has 9 heteroatoms. The highest BCUT2D eigenvalue weighted by Gasteiger charge is 2.16. The van der Waals surface area contributed by atoms with E-state index < -0.39 is 17.2 Å². The fraction of sp³-hybridized carbons (Fsp3) is 0.200. The zero-order chi connectivity index (χ0) is 20.5. The van der Waals surface area contributed by atoms with Gasteiger partial charge in [0.15, 0.2) is 11.5 Å². The van der Waals surface area contributed by atoms with E-state index in [9.17, 15) is 13.6 Å². The molecule has 0 saturated carbocycles. The van der Waals surface area contributed by atoms with Gasteiger partial charge in [-0.25, -0.2) is 4.39 Å². The molecule has 1 N–H and O–H groups in total. The van der Waals surface area contributed by atoms with Crippen molar-refractivity contribution in [3.8, 4) is 11.5 Å². The van der Waals surface area contributed by atoms with E-state index in [1.54, 1.807) is 6.07 Å². The smallest absolute Gasteiger partial charge is 0.310 e. The van der Waals surface area contributed by atoms with Crippen LogP contribution in [0.25, 0.3) is 0 Å². The van der Waals surface area contributed by atoms with Gasteiger partial charge < -0.3 is 19.4 Å². The summed E-state index contributed by atoms with van der Waals surface area (Å²) in [6, 6.07) is 7.73. The summed E-state index contributed by atoms with van der Waals surface area (Å²) in [6.07, 6.45) is 1.04. The number of rotatable bonds is 4. The van der Waals surface area contributed by atoms with Gasteiger partial charge in [0.05, 0.1) is 11.6 Å². The number of ether oxygens (including phenoxy) is 2. The Morgan fingerprint density at radius 2 is 1.86 bits per heavy atom. The standard InChI is InChI=1S/C20H16ClF2N3O3/c1-11-6-17-18(29-5-4-28-17)8-16(11)24-20-25-19(27)15(23)10-26(20)9-12-2-3-14(22)13(21)7-12/h2-3,6-8,10H,4-5,9H2,1H3,(H,24,25,27). The molecular weight excluding hydrogens is 404 g/mol. The van der Waals surface area contributed by atoms with E-state index in [1.165, 1.54) is 22.8 Å². The van der Waals surface area contributed by atoms with Crippen LogP contribution in [0.5, 0.6) is 11.5 Å². The number of aryl methyl sites for hydroxylation is 1. The number of aromatic nitrogens is 2. The van der Waals surface area contributed by atoms with Gasteiger partial charge in [0.1, 0.15) is 19.0 Å². The fourth-order valence-electron chi connectivity index (χ4n) is 2.97. The number of nitrogens with zero attached hydrogens (tertiary/aromatic N) is 2. The first-order valence-electron chi connectivity index (χ1n) is 8.79. The van der Waals surface area contributed by atoms with Gasteiger partial charge in [0.25, 0.3) is 0 Å². The van der Waals surface area contributed by atoms with Gasteiger partial charge in [-0.05, 0) is 36.2 Å². The summed E-state index contributed by atoms with van der Waals surface area (Å²) >= 11 is 5.83. The number of hydrogen-bond donors (Lipinski definition) is 1. The Kier molecular flexibility index (Phi) is 5.10. The first-order valence-corrected chi connectivity index (χ1v) is 9.16. The molecule has 0 amide bonds. The van der Waals surface area contributed by atoms with Crippen molar-refractivity contribution in [1.29, 1.82) is 0 Å². The van der Waals surface area contributed by atoms with Gasteiger partial charge in [-0.1, -0.05) is 17.7 Å². The van der Waals surface area contributed by atoms with Gasteiger partial charge in [-0.3, -0.25) is 4.79 Å². The summed E-state index contributed by atoms with van der Waals surface area (Å²) in [4.78, 5) is 15.6. The van der Waals surface area contributed by atoms with Crippen LogP contribution in [0.4, 0.5) is 20.4 Å². The maximum Gasteiger partial charge on any atom is 0.310 e. The van der Waals surface area contributed by atoms with E-state index >= 15 is 0 Å². The predicted molar refractivity (Wildman–Crippen MR) is 104 cm³/mol. The third-order valence-corrected chi connectivity index (χ3v) is 4.72. The Morgan fingerprint density at radius 3 is 2.59 bits per heavy atom. The van der Waals surface area contributed by atoms with Crippen LogP contribution in [0, 0.1) is 18.6 Å². The van der Waals surface area contributed by atoms with Crippen LogP contribution >= 0.6 is 11.6 Å². The number of anilines is 2. The normalized spacial score (nSPS) is 12.7. The van der Waals surface area contributed by atoms with Crippen LogP contribution in [0.1, 0.15) is 11.1 Å². The SMILES string of the molecule is Cc1cc2c(cc1Nc1nc(=O)c(F)cn1Cc1ccc(F)c(Cl)c1)OCCO2. The minimum Gasteiger partial charge on any atom is -0.486 e. The lowest BCUT2D eigenvalue weighted by atomic mass is 10.1.